The minimum absolute atomic E-state index is 0.426. The zero-order chi connectivity index (χ0) is 19.0. The highest BCUT2D eigenvalue weighted by Crippen LogP contribution is 2.42. The molecule has 2 aromatic carbocycles. The maximum Gasteiger partial charge on any atom is 0.573 e. The van der Waals surface area contributed by atoms with Crippen LogP contribution in [-0.4, -0.2) is 14.8 Å². The van der Waals surface area contributed by atoms with E-state index in [2.05, 4.69) is 4.74 Å². The third kappa shape index (κ3) is 4.79. The van der Waals surface area contributed by atoms with E-state index in [1.54, 1.807) is 0 Å². The van der Waals surface area contributed by atoms with Gasteiger partial charge in [-0.2, -0.15) is 13.2 Å². The van der Waals surface area contributed by atoms with Crippen LogP contribution in [-0.2, 0) is 15.2 Å². The van der Waals surface area contributed by atoms with E-state index in [-0.39, 0.29) is 0 Å². The van der Waals surface area contributed by atoms with Crippen LogP contribution in [0.25, 0.3) is 11.1 Å². The van der Waals surface area contributed by atoms with Gasteiger partial charge in [-0.3, -0.25) is 0 Å². The lowest BCUT2D eigenvalue weighted by atomic mass is 9.98. The fourth-order valence-electron chi connectivity index (χ4n) is 2.05. The first kappa shape index (κ1) is 19.4. The van der Waals surface area contributed by atoms with Gasteiger partial charge in [0.2, 0.25) is 0 Å². The van der Waals surface area contributed by atoms with Gasteiger partial charge in [0.1, 0.15) is 5.75 Å². The highest BCUT2D eigenvalue weighted by atomic mass is 35.7. The van der Waals surface area contributed by atoms with Crippen molar-refractivity contribution in [3.8, 4) is 16.9 Å². The highest BCUT2D eigenvalue weighted by Gasteiger charge is 2.37. The van der Waals surface area contributed by atoms with Crippen molar-refractivity contribution in [1.82, 2.24) is 0 Å². The van der Waals surface area contributed by atoms with Crippen molar-refractivity contribution in [2.75, 3.05) is 0 Å². The zero-order valence-corrected chi connectivity index (χ0v) is 13.4. The summed E-state index contributed by atoms with van der Waals surface area (Å²) in [6.45, 7) is 0. The van der Waals surface area contributed by atoms with Gasteiger partial charge in [-0.05, 0) is 29.8 Å². The van der Waals surface area contributed by atoms with Gasteiger partial charge in [0.25, 0.3) is 9.05 Å². The number of halogens is 7. The van der Waals surface area contributed by atoms with E-state index < -0.39 is 48.9 Å². The van der Waals surface area contributed by atoms with E-state index >= 15 is 0 Å². The van der Waals surface area contributed by atoms with E-state index in [0.717, 1.165) is 18.2 Å². The van der Waals surface area contributed by atoms with Gasteiger partial charge < -0.3 is 4.74 Å². The Morgan fingerprint density at radius 3 is 2.00 bits per heavy atom. The van der Waals surface area contributed by atoms with Gasteiger partial charge in [0.05, 0.1) is 10.5 Å². The minimum atomic E-state index is -5.15. The van der Waals surface area contributed by atoms with Crippen LogP contribution in [0.15, 0.2) is 47.4 Å². The van der Waals surface area contributed by atoms with E-state index in [1.807, 2.05) is 0 Å². The first-order valence-corrected chi connectivity index (χ1v) is 8.61. The molecule has 0 bridgehead atoms. The Hall–Kier alpha value is -1.94. The average molecular weight is 405 g/mol. The topological polar surface area (TPSA) is 43.4 Å². The lowest BCUT2D eigenvalue weighted by molar-refractivity contribution is -0.274. The summed E-state index contributed by atoms with van der Waals surface area (Å²) in [5.41, 5.74) is -2.74. The SMILES string of the molecule is O=S(=O)(Cl)c1ccc(C(F)(F)F)c(-c2ccccc2OC(F)(F)F)c1. The van der Waals surface area contributed by atoms with Crippen LogP contribution in [0.1, 0.15) is 5.56 Å². The summed E-state index contributed by atoms with van der Waals surface area (Å²) in [5, 5.41) is 0. The van der Waals surface area contributed by atoms with Crippen LogP contribution >= 0.6 is 10.7 Å². The fraction of sp³-hybridized carbons (Fsp3) is 0.143. The minimum Gasteiger partial charge on any atom is -0.405 e. The quantitative estimate of drug-likeness (QED) is 0.522. The van der Waals surface area contributed by atoms with E-state index in [0.29, 0.717) is 18.2 Å². The molecule has 0 N–H and O–H groups in total. The molecule has 0 atom stereocenters. The second-order valence-corrected chi connectivity index (χ2v) is 7.25. The van der Waals surface area contributed by atoms with Crippen molar-refractivity contribution in [3.05, 3.63) is 48.0 Å². The second-order valence-electron chi connectivity index (χ2n) is 4.69. The molecule has 0 saturated heterocycles. The molecule has 2 rings (SSSR count). The van der Waals surface area contributed by atoms with E-state index in [9.17, 15) is 34.8 Å². The fourth-order valence-corrected chi connectivity index (χ4v) is 2.83. The van der Waals surface area contributed by atoms with Crippen molar-refractivity contribution < 1.29 is 39.5 Å². The van der Waals surface area contributed by atoms with Crippen molar-refractivity contribution >= 4 is 19.7 Å². The van der Waals surface area contributed by atoms with Crippen LogP contribution in [0.4, 0.5) is 26.3 Å². The second kappa shape index (κ2) is 6.41. The molecular weight excluding hydrogens is 398 g/mol. The number of hydrogen-bond donors (Lipinski definition) is 0. The number of benzene rings is 2. The Labute approximate surface area is 142 Å². The average Bonchev–Trinajstić information content (AvgIpc) is 2.43. The summed E-state index contributed by atoms with van der Waals surface area (Å²) in [7, 11) is 0.709. The molecule has 2 aromatic rings. The molecule has 0 heterocycles. The Balaban J connectivity index is 2.77. The molecule has 11 heteroatoms. The molecule has 0 saturated carbocycles. The molecular formula is C14H7ClF6O3S. The Morgan fingerprint density at radius 2 is 1.48 bits per heavy atom. The summed E-state index contributed by atoms with van der Waals surface area (Å²) in [6, 6.07) is 5.64. The Morgan fingerprint density at radius 1 is 0.880 bits per heavy atom. The van der Waals surface area contributed by atoms with Crippen molar-refractivity contribution in [1.29, 1.82) is 0 Å². The van der Waals surface area contributed by atoms with Crippen LogP contribution in [0.2, 0.25) is 0 Å². The number of ether oxygens (including phenoxy) is 1. The molecule has 0 fully saturated rings. The molecule has 0 aliphatic heterocycles. The number of hydrogen-bond acceptors (Lipinski definition) is 3. The van der Waals surface area contributed by atoms with Gasteiger partial charge in [-0.25, -0.2) is 8.42 Å². The lowest BCUT2D eigenvalue weighted by Crippen LogP contribution is -2.18. The van der Waals surface area contributed by atoms with Crippen LogP contribution in [0, 0.1) is 0 Å². The molecule has 0 aliphatic carbocycles. The van der Waals surface area contributed by atoms with Crippen molar-refractivity contribution in [2.45, 2.75) is 17.4 Å². The maximum absolute atomic E-state index is 13.2. The van der Waals surface area contributed by atoms with Gasteiger partial charge in [0, 0.05) is 16.2 Å². The third-order valence-corrected chi connectivity index (χ3v) is 4.33. The standard InChI is InChI=1S/C14H7ClF6O3S/c15-25(22,23)8-5-6-11(13(16,17)18)10(7-8)9-3-1-2-4-12(9)24-14(19,20)21/h1-7H. The van der Waals surface area contributed by atoms with Crippen LogP contribution in [0.5, 0.6) is 5.75 Å². The van der Waals surface area contributed by atoms with E-state index in [4.69, 9.17) is 10.7 Å². The van der Waals surface area contributed by atoms with Gasteiger partial charge in [-0.1, -0.05) is 18.2 Å². The van der Waals surface area contributed by atoms with Crippen LogP contribution in [0.3, 0.4) is 0 Å². The summed E-state index contributed by atoms with van der Waals surface area (Å²) < 4.78 is 103. The maximum atomic E-state index is 13.2. The Kier molecular flexibility index (Phi) is 4.97. The molecule has 25 heavy (non-hydrogen) atoms. The molecule has 0 aliphatic rings. The number of alkyl halides is 6. The molecule has 3 nitrogen and oxygen atoms in total. The van der Waals surface area contributed by atoms with Crippen molar-refractivity contribution in [2.24, 2.45) is 0 Å². The lowest BCUT2D eigenvalue weighted by Gasteiger charge is -2.17. The summed E-state index contributed by atoms with van der Waals surface area (Å²) in [6.07, 6.45) is -10.1. The highest BCUT2D eigenvalue weighted by molar-refractivity contribution is 8.13. The number of para-hydroxylation sites is 1. The molecule has 0 spiro atoms. The van der Waals surface area contributed by atoms with Gasteiger partial charge in [-0.15, -0.1) is 13.2 Å². The molecule has 0 aromatic heterocycles. The normalized spacial score (nSPS) is 12.9. The predicted molar refractivity (Wildman–Crippen MR) is 76.6 cm³/mol. The summed E-state index contributed by atoms with van der Waals surface area (Å²) >= 11 is 0. The molecule has 0 radical (unpaired) electrons. The summed E-state index contributed by atoms with van der Waals surface area (Å²) in [5.74, 6) is -0.912. The molecule has 0 amide bonds. The molecule has 0 unspecified atom stereocenters. The smallest absolute Gasteiger partial charge is 0.405 e. The summed E-state index contributed by atoms with van der Waals surface area (Å²) in [4.78, 5) is -0.695. The largest absolute Gasteiger partial charge is 0.573 e. The van der Waals surface area contributed by atoms with Gasteiger partial charge in [0.15, 0.2) is 0 Å². The monoisotopic (exact) mass is 404 g/mol. The number of rotatable bonds is 3. The van der Waals surface area contributed by atoms with Crippen LogP contribution < -0.4 is 4.74 Å². The zero-order valence-electron chi connectivity index (χ0n) is 11.8. The first-order chi connectivity index (χ1) is 11.3. The first-order valence-electron chi connectivity index (χ1n) is 6.30. The Bertz CT molecular complexity index is 890. The third-order valence-electron chi connectivity index (χ3n) is 2.98. The van der Waals surface area contributed by atoms with Crippen molar-refractivity contribution in [3.63, 3.8) is 0 Å². The van der Waals surface area contributed by atoms with Gasteiger partial charge >= 0.3 is 12.5 Å². The predicted octanol–water partition coefficient (Wildman–Crippen LogP) is 5.20. The van der Waals surface area contributed by atoms with E-state index in [1.165, 1.54) is 6.07 Å². The molecule has 136 valence electrons.